The van der Waals surface area contributed by atoms with Crippen LogP contribution >= 0.6 is 15.9 Å². The normalized spacial score (nSPS) is 18.5. The number of halogens is 1. The number of methoxy groups -OCH3 is 1. The highest BCUT2D eigenvalue weighted by atomic mass is 79.9. The van der Waals surface area contributed by atoms with Gasteiger partial charge in [0.2, 0.25) is 11.8 Å². The topological polar surface area (TPSA) is 58.5 Å². The molecular formula is C9H12BrN3O2. The predicted molar refractivity (Wildman–Crippen MR) is 59.1 cm³/mol. The molecule has 0 bridgehead atoms. The Bertz CT molecular complexity index is 376. The van der Waals surface area contributed by atoms with E-state index in [-0.39, 0.29) is 0 Å². The second kappa shape index (κ2) is 3.61. The molecule has 0 aromatic carbocycles. The minimum absolute atomic E-state index is 0.506. The Labute approximate surface area is 96.2 Å². The zero-order chi connectivity index (χ0) is 11.1. The van der Waals surface area contributed by atoms with Crippen LogP contribution in [0, 0.1) is 0 Å². The van der Waals surface area contributed by atoms with E-state index in [0.717, 1.165) is 4.47 Å². The first-order valence-corrected chi connectivity index (χ1v) is 5.35. The van der Waals surface area contributed by atoms with Crippen molar-refractivity contribution >= 4 is 21.9 Å². The molecule has 0 atom stereocenters. The maximum Gasteiger partial charge on any atom is 0.232 e. The van der Waals surface area contributed by atoms with Crippen LogP contribution in [0.5, 0.6) is 5.88 Å². The molecule has 0 radical (unpaired) electrons. The first-order chi connectivity index (χ1) is 7.02. The van der Waals surface area contributed by atoms with E-state index in [1.807, 2.05) is 4.90 Å². The fourth-order valence-corrected chi connectivity index (χ4v) is 1.91. The standard InChI is InChI=1S/C9H12BrN3O2/c1-9(14)4-13(5-9)8-11-3-6(10)7(12-8)15-2/h3,14H,4-5H2,1-2H3. The van der Waals surface area contributed by atoms with Gasteiger partial charge >= 0.3 is 0 Å². The number of aromatic nitrogens is 2. The molecule has 1 aromatic rings. The molecule has 0 saturated carbocycles. The van der Waals surface area contributed by atoms with Crippen molar-refractivity contribution in [2.75, 3.05) is 25.1 Å². The maximum absolute atomic E-state index is 9.59. The first kappa shape index (κ1) is 10.6. The molecule has 6 heteroatoms. The van der Waals surface area contributed by atoms with Gasteiger partial charge in [-0.2, -0.15) is 4.98 Å². The number of hydrogen-bond acceptors (Lipinski definition) is 5. The summed E-state index contributed by atoms with van der Waals surface area (Å²) in [6, 6.07) is 0. The van der Waals surface area contributed by atoms with Crippen LogP contribution in [0.3, 0.4) is 0 Å². The van der Waals surface area contributed by atoms with Crippen molar-refractivity contribution < 1.29 is 9.84 Å². The second-order valence-corrected chi connectivity index (χ2v) is 4.73. The van der Waals surface area contributed by atoms with Crippen LogP contribution < -0.4 is 9.64 Å². The molecule has 15 heavy (non-hydrogen) atoms. The summed E-state index contributed by atoms with van der Waals surface area (Å²) in [5.74, 6) is 1.09. The molecule has 5 nitrogen and oxygen atoms in total. The van der Waals surface area contributed by atoms with E-state index < -0.39 is 5.60 Å². The quantitative estimate of drug-likeness (QED) is 0.865. The van der Waals surface area contributed by atoms with Gasteiger partial charge in [-0.05, 0) is 22.9 Å². The maximum atomic E-state index is 9.59. The molecule has 1 aromatic heterocycles. The number of nitrogens with zero attached hydrogens (tertiary/aromatic N) is 3. The number of hydrogen-bond donors (Lipinski definition) is 1. The Balaban J connectivity index is 2.17. The Kier molecular flexibility index (Phi) is 2.56. The monoisotopic (exact) mass is 273 g/mol. The second-order valence-electron chi connectivity index (χ2n) is 3.88. The summed E-state index contributed by atoms with van der Waals surface area (Å²) in [4.78, 5) is 10.3. The Morgan fingerprint density at radius 1 is 1.60 bits per heavy atom. The highest BCUT2D eigenvalue weighted by Crippen LogP contribution is 2.28. The third-order valence-corrected chi connectivity index (χ3v) is 2.78. The zero-order valence-corrected chi connectivity index (χ0v) is 10.2. The fourth-order valence-electron chi connectivity index (χ4n) is 1.56. The predicted octanol–water partition coefficient (Wildman–Crippen LogP) is 0.819. The molecule has 1 fully saturated rings. The fraction of sp³-hybridized carbons (Fsp3) is 0.556. The third kappa shape index (κ3) is 2.05. The molecule has 1 aliphatic rings. The molecule has 2 rings (SSSR count). The molecule has 0 aliphatic carbocycles. The lowest BCUT2D eigenvalue weighted by Crippen LogP contribution is -2.60. The van der Waals surface area contributed by atoms with E-state index in [4.69, 9.17) is 4.74 Å². The number of rotatable bonds is 2. The van der Waals surface area contributed by atoms with Crippen molar-refractivity contribution in [1.29, 1.82) is 0 Å². The smallest absolute Gasteiger partial charge is 0.232 e. The molecule has 0 amide bonds. The Morgan fingerprint density at radius 2 is 2.27 bits per heavy atom. The summed E-state index contributed by atoms with van der Waals surface area (Å²) >= 11 is 3.28. The summed E-state index contributed by atoms with van der Waals surface area (Å²) in [5, 5.41) is 9.59. The van der Waals surface area contributed by atoms with Crippen molar-refractivity contribution in [3.8, 4) is 5.88 Å². The van der Waals surface area contributed by atoms with E-state index in [2.05, 4.69) is 25.9 Å². The van der Waals surface area contributed by atoms with Crippen molar-refractivity contribution in [1.82, 2.24) is 9.97 Å². The zero-order valence-electron chi connectivity index (χ0n) is 8.57. The molecule has 1 N–H and O–H groups in total. The van der Waals surface area contributed by atoms with Crippen LogP contribution in [0.2, 0.25) is 0 Å². The third-order valence-electron chi connectivity index (χ3n) is 2.24. The molecule has 1 saturated heterocycles. The minimum Gasteiger partial charge on any atom is -0.480 e. The van der Waals surface area contributed by atoms with Gasteiger partial charge in [0.1, 0.15) is 0 Å². The summed E-state index contributed by atoms with van der Waals surface area (Å²) in [5.41, 5.74) is -0.621. The van der Waals surface area contributed by atoms with Gasteiger partial charge in [0.05, 0.1) is 36.5 Å². The largest absolute Gasteiger partial charge is 0.480 e. The molecule has 0 spiro atoms. The highest BCUT2D eigenvalue weighted by Gasteiger charge is 2.38. The van der Waals surface area contributed by atoms with Gasteiger partial charge in [-0.3, -0.25) is 0 Å². The minimum atomic E-state index is -0.621. The van der Waals surface area contributed by atoms with E-state index >= 15 is 0 Å². The number of ether oxygens (including phenoxy) is 1. The van der Waals surface area contributed by atoms with E-state index in [1.54, 1.807) is 20.2 Å². The molecule has 82 valence electrons. The summed E-state index contributed by atoms with van der Waals surface area (Å²) in [6.07, 6.45) is 1.65. The van der Waals surface area contributed by atoms with Gasteiger partial charge in [0.25, 0.3) is 0 Å². The van der Waals surface area contributed by atoms with Gasteiger partial charge in [-0.25, -0.2) is 4.98 Å². The van der Waals surface area contributed by atoms with E-state index in [0.29, 0.717) is 24.9 Å². The lowest BCUT2D eigenvalue weighted by Gasteiger charge is -2.44. The average molecular weight is 274 g/mol. The Morgan fingerprint density at radius 3 is 2.80 bits per heavy atom. The van der Waals surface area contributed by atoms with Crippen molar-refractivity contribution in [2.24, 2.45) is 0 Å². The van der Waals surface area contributed by atoms with Crippen molar-refractivity contribution in [3.05, 3.63) is 10.7 Å². The van der Waals surface area contributed by atoms with Crippen LogP contribution in [0.4, 0.5) is 5.95 Å². The lowest BCUT2D eigenvalue weighted by atomic mass is 9.98. The average Bonchev–Trinajstić information content (AvgIpc) is 2.15. The van der Waals surface area contributed by atoms with Crippen molar-refractivity contribution in [2.45, 2.75) is 12.5 Å². The molecular weight excluding hydrogens is 262 g/mol. The lowest BCUT2D eigenvalue weighted by molar-refractivity contribution is 0.0299. The van der Waals surface area contributed by atoms with Crippen LogP contribution in [-0.4, -0.2) is 40.9 Å². The number of aliphatic hydroxyl groups is 1. The number of anilines is 1. The van der Waals surface area contributed by atoms with Crippen LogP contribution in [-0.2, 0) is 0 Å². The van der Waals surface area contributed by atoms with Gasteiger partial charge < -0.3 is 14.7 Å². The molecule has 1 aliphatic heterocycles. The van der Waals surface area contributed by atoms with Crippen LogP contribution in [0.25, 0.3) is 0 Å². The highest BCUT2D eigenvalue weighted by molar-refractivity contribution is 9.10. The SMILES string of the molecule is COc1nc(N2CC(C)(O)C2)ncc1Br. The Hall–Kier alpha value is -0.880. The van der Waals surface area contributed by atoms with Crippen LogP contribution in [0.15, 0.2) is 10.7 Å². The van der Waals surface area contributed by atoms with Gasteiger partial charge in [0.15, 0.2) is 0 Å². The van der Waals surface area contributed by atoms with E-state index in [1.165, 1.54) is 0 Å². The first-order valence-electron chi connectivity index (χ1n) is 4.56. The van der Waals surface area contributed by atoms with Gasteiger partial charge in [-0.15, -0.1) is 0 Å². The van der Waals surface area contributed by atoms with Crippen molar-refractivity contribution in [3.63, 3.8) is 0 Å². The van der Waals surface area contributed by atoms with Gasteiger partial charge in [-0.1, -0.05) is 0 Å². The number of β-amino-alcohol motifs (C(OH)–C–C–N with tert-alkyl or cyclic N) is 1. The molecule has 0 unspecified atom stereocenters. The summed E-state index contributed by atoms with van der Waals surface area (Å²) in [6.45, 7) is 2.90. The van der Waals surface area contributed by atoms with Gasteiger partial charge in [0, 0.05) is 0 Å². The van der Waals surface area contributed by atoms with Crippen LogP contribution in [0.1, 0.15) is 6.92 Å². The van der Waals surface area contributed by atoms with E-state index in [9.17, 15) is 5.11 Å². The summed E-state index contributed by atoms with van der Waals surface area (Å²) in [7, 11) is 1.56. The molecule has 2 heterocycles. The summed E-state index contributed by atoms with van der Waals surface area (Å²) < 4.78 is 5.79.